The Morgan fingerprint density at radius 2 is 2.00 bits per heavy atom. The molecule has 1 N–H and O–H groups in total. The lowest BCUT2D eigenvalue weighted by molar-refractivity contribution is -0.387. The van der Waals surface area contributed by atoms with E-state index in [0.29, 0.717) is 16.8 Å². The second-order valence-electron chi connectivity index (χ2n) is 4.42. The molecule has 0 amide bonds. The van der Waals surface area contributed by atoms with Gasteiger partial charge < -0.3 is 5.32 Å². The first kappa shape index (κ1) is 15.2. The van der Waals surface area contributed by atoms with Gasteiger partial charge in [-0.2, -0.15) is 4.39 Å². The van der Waals surface area contributed by atoms with Gasteiger partial charge in [0.25, 0.3) is 0 Å². The number of hydrogen-bond donors (Lipinski definition) is 1. The fourth-order valence-electron chi connectivity index (χ4n) is 1.85. The van der Waals surface area contributed by atoms with E-state index in [2.05, 4.69) is 5.32 Å². The molecule has 0 bridgehead atoms. The van der Waals surface area contributed by atoms with E-state index in [0.717, 1.165) is 11.6 Å². The highest BCUT2D eigenvalue weighted by atomic mass is 35.5. The topological polar surface area (TPSA) is 55.2 Å². The number of benzene rings is 2. The Morgan fingerprint density at radius 1 is 1.29 bits per heavy atom. The van der Waals surface area contributed by atoms with Crippen LogP contribution in [0.1, 0.15) is 11.1 Å². The Balaban J connectivity index is 2.26. The fourth-order valence-corrected chi connectivity index (χ4v) is 2.02. The van der Waals surface area contributed by atoms with E-state index in [1.165, 1.54) is 0 Å². The number of nitro groups is 1. The highest BCUT2D eigenvalue weighted by Gasteiger charge is 2.18. The predicted octanol–water partition coefficient (Wildman–Crippen LogP) is 4.45. The summed E-state index contributed by atoms with van der Waals surface area (Å²) >= 11 is 5.96. The molecular weight excluding hydrogens is 302 g/mol. The molecule has 0 aromatic heterocycles. The monoisotopic (exact) mass is 312 g/mol. The lowest BCUT2D eigenvalue weighted by atomic mass is 10.1. The molecule has 0 spiro atoms. The maximum Gasteiger partial charge on any atom is 0.305 e. The van der Waals surface area contributed by atoms with Crippen molar-refractivity contribution in [1.82, 2.24) is 0 Å². The van der Waals surface area contributed by atoms with E-state index in [1.54, 1.807) is 25.1 Å². The molecular formula is C14H11ClF2N2O2. The van der Waals surface area contributed by atoms with Crippen molar-refractivity contribution in [3.63, 3.8) is 0 Å². The molecule has 0 unspecified atom stereocenters. The van der Waals surface area contributed by atoms with Crippen molar-refractivity contribution in [1.29, 1.82) is 0 Å². The van der Waals surface area contributed by atoms with Crippen LogP contribution in [0, 0.1) is 28.7 Å². The minimum absolute atomic E-state index is 0.00229. The van der Waals surface area contributed by atoms with Gasteiger partial charge in [-0.25, -0.2) is 4.39 Å². The van der Waals surface area contributed by atoms with Crippen LogP contribution in [0.25, 0.3) is 0 Å². The number of halogens is 3. The summed E-state index contributed by atoms with van der Waals surface area (Å²) in [7, 11) is 0. The standard InChI is InChI=1S/C14H11ClF2N2O2/c1-8-10(15)3-2-4-13(8)18-7-9-5-14(19(20)21)12(17)6-11(9)16/h2-6,18H,7H2,1H3. The highest BCUT2D eigenvalue weighted by molar-refractivity contribution is 6.31. The normalized spacial score (nSPS) is 10.5. The maximum atomic E-state index is 13.6. The second kappa shape index (κ2) is 6.05. The minimum atomic E-state index is -1.19. The Kier molecular flexibility index (Phi) is 4.37. The summed E-state index contributed by atoms with van der Waals surface area (Å²) in [5.41, 5.74) is 0.698. The Labute approximate surface area is 124 Å². The smallest absolute Gasteiger partial charge is 0.305 e. The summed E-state index contributed by atoms with van der Waals surface area (Å²) in [4.78, 5) is 9.78. The van der Waals surface area contributed by atoms with Crippen molar-refractivity contribution in [2.45, 2.75) is 13.5 Å². The average molecular weight is 313 g/mol. The summed E-state index contributed by atoms with van der Waals surface area (Å²) < 4.78 is 26.9. The van der Waals surface area contributed by atoms with Gasteiger partial charge in [0.15, 0.2) is 0 Å². The largest absolute Gasteiger partial charge is 0.381 e. The van der Waals surface area contributed by atoms with E-state index < -0.39 is 22.2 Å². The molecule has 0 fully saturated rings. The van der Waals surface area contributed by atoms with Crippen LogP contribution in [0.2, 0.25) is 5.02 Å². The van der Waals surface area contributed by atoms with Crippen LogP contribution in [0.5, 0.6) is 0 Å². The molecule has 2 aromatic rings. The number of nitro benzene ring substituents is 1. The molecule has 0 heterocycles. The first-order valence-electron chi connectivity index (χ1n) is 6.01. The van der Waals surface area contributed by atoms with Crippen LogP contribution >= 0.6 is 11.6 Å². The molecule has 4 nitrogen and oxygen atoms in total. The average Bonchev–Trinajstić information content (AvgIpc) is 2.41. The van der Waals surface area contributed by atoms with Gasteiger partial charge in [0.05, 0.1) is 4.92 Å². The third-order valence-electron chi connectivity index (χ3n) is 3.05. The van der Waals surface area contributed by atoms with Crippen LogP contribution in [0.15, 0.2) is 30.3 Å². The molecule has 0 saturated carbocycles. The fraction of sp³-hybridized carbons (Fsp3) is 0.143. The maximum absolute atomic E-state index is 13.6. The molecule has 2 rings (SSSR count). The summed E-state index contributed by atoms with van der Waals surface area (Å²) in [5.74, 6) is -2.04. The minimum Gasteiger partial charge on any atom is -0.381 e. The molecule has 0 saturated heterocycles. The van der Waals surface area contributed by atoms with Crippen LogP contribution in [0.3, 0.4) is 0 Å². The second-order valence-corrected chi connectivity index (χ2v) is 4.83. The van der Waals surface area contributed by atoms with Crippen LogP contribution in [-0.2, 0) is 6.54 Å². The molecule has 7 heteroatoms. The Hall–Kier alpha value is -2.21. The lowest BCUT2D eigenvalue weighted by Gasteiger charge is -2.11. The van der Waals surface area contributed by atoms with E-state index in [1.807, 2.05) is 0 Å². The highest BCUT2D eigenvalue weighted by Crippen LogP contribution is 2.25. The van der Waals surface area contributed by atoms with Gasteiger partial charge in [-0.15, -0.1) is 0 Å². The zero-order valence-corrected chi connectivity index (χ0v) is 11.7. The predicted molar refractivity (Wildman–Crippen MR) is 76.5 cm³/mol. The van der Waals surface area contributed by atoms with E-state index in [4.69, 9.17) is 11.6 Å². The molecule has 110 valence electrons. The lowest BCUT2D eigenvalue weighted by Crippen LogP contribution is -2.05. The van der Waals surface area contributed by atoms with Gasteiger partial charge >= 0.3 is 5.69 Å². The molecule has 0 aliphatic carbocycles. The number of hydrogen-bond acceptors (Lipinski definition) is 3. The Bertz CT molecular complexity index is 708. The Morgan fingerprint density at radius 3 is 2.67 bits per heavy atom. The zero-order chi connectivity index (χ0) is 15.6. The van der Waals surface area contributed by atoms with Crippen molar-refractivity contribution < 1.29 is 13.7 Å². The molecule has 2 aromatic carbocycles. The summed E-state index contributed by atoms with van der Waals surface area (Å²) in [6.45, 7) is 1.77. The van der Waals surface area contributed by atoms with Gasteiger partial charge in [0.2, 0.25) is 5.82 Å². The van der Waals surface area contributed by atoms with Crippen molar-refractivity contribution in [2.75, 3.05) is 5.32 Å². The number of nitrogens with one attached hydrogen (secondary N) is 1. The molecule has 21 heavy (non-hydrogen) atoms. The van der Waals surface area contributed by atoms with Gasteiger partial charge in [-0.3, -0.25) is 10.1 Å². The zero-order valence-electron chi connectivity index (χ0n) is 11.0. The van der Waals surface area contributed by atoms with Crippen LogP contribution in [0.4, 0.5) is 20.2 Å². The van der Waals surface area contributed by atoms with Crippen molar-refractivity contribution in [2.24, 2.45) is 0 Å². The third-order valence-corrected chi connectivity index (χ3v) is 3.46. The van der Waals surface area contributed by atoms with Crippen molar-refractivity contribution >= 4 is 23.0 Å². The van der Waals surface area contributed by atoms with Crippen molar-refractivity contribution in [3.05, 3.63) is 68.2 Å². The molecule has 0 aliphatic heterocycles. The quantitative estimate of drug-likeness (QED) is 0.670. The molecule has 0 atom stereocenters. The van der Waals surface area contributed by atoms with Crippen LogP contribution < -0.4 is 5.32 Å². The SMILES string of the molecule is Cc1c(Cl)cccc1NCc1cc([N+](=O)[O-])c(F)cc1F. The van der Waals surface area contributed by atoms with Crippen molar-refractivity contribution in [3.8, 4) is 0 Å². The molecule has 0 radical (unpaired) electrons. The molecule has 0 aliphatic rings. The van der Waals surface area contributed by atoms with E-state index in [9.17, 15) is 18.9 Å². The first-order valence-corrected chi connectivity index (χ1v) is 6.39. The number of anilines is 1. The van der Waals surface area contributed by atoms with Crippen LogP contribution in [-0.4, -0.2) is 4.92 Å². The summed E-state index contributed by atoms with van der Waals surface area (Å²) in [6.07, 6.45) is 0. The third kappa shape index (κ3) is 3.28. The van der Waals surface area contributed by atoms with Gasteiger partial charge in [0, 0.05) is 35.0 Å². The van der Waals surface area contributed by atoms with Gasteiger partial charge in [-0.05, 0) is 24.6 Å². The summed E-state index contributed by atoms with van der Waals surface area (Å²) in [6, 6.07) is 6.58. The van der Waals surface area contributed by atoms with E-state index >= 15 is 0 Å². The number of rotatable bonds is 4. The summed E-state index contributed by atoms with van der Waals surface area (Å²) in [5, 5.41) is 14.1. The first-order chi connectivity index (χ1) is 9.90. The number of nitrogens with zero attached hydrogens (tertiary/aromatic N) is 1. The van der Waals surface area contributed by atoms with E-state index in [-0.39, 0.29) is 12.1 Å². The van der Waals surface area contributed by atoms with Gasteiger partial charge in [0.1, 0.15) is 5.82 Å². The van der Waals surface area contributed by atoms with Gasteiger partial charge in [-0.1, -0.05) is 17.7 Å².